The smallest absolute Gasteiger partial charge is 0.210 e. The minimum atomic E-state index is -0.446. The van der Waals surface area contributed by atoms with Gasteiger partial charge in [-0.2, -0.15) is 0 Å². The van der Waals surface area contributed by atoms with E-state index in [0.717, 1.165) is 12.0 Å². The molecule has 2 aliphatic heterocycles. The fourth-order valence-corrected chi connectivity index (χ4v) is 2.38. The Morgan fingerprint density at radius 3 is 2.94 bits per heavy atom. The highest BCUT2D eigenvalue weighted by molar-refractivity contribution is 6.32. The molecule has 0 N–H and O–H groups in total. The first kappa shape index (κ1) is 10.8. The third kappa shape index (κ3) is 1.85. The Hall–Kier alpha value is -1.32. The van der Waals surface area contributed by atoms with Crippen LogP contribution in [0.4, 0.5) is 0 Å². The molecule has 88 valence electrons. The van der Waals surface area contributed by atoms with Crippen LogP contribution >= 0.6 is 11.6 Å². The molecule has 0 unspecified atom stereocenters. The zero-order valence-electron chi connectivity index (χ0n) is 9.06. The van der Waals surface area contributed by atoms with E-state index in [4.69, 9.17) is 21.1 Å². The number of ketones is 1. The van der Waals surface area contributed by atoms with Crippen LogP contribution in [0.5, 0.6) is 0 Å². The number of benzene rings is 1. The van der Waals surface area contributed by atoms with Crippen LogP contribution in [0, 0.1) is 5.92 Å². The van der Waals surface area contributed by atoms with Crippen molar-refractivity contribution in [3.05, 3.63) is 40.9 Å². The molecular formula is C13H11ClO3. The van der Waals surface area contributed by atoms with Gasteiger partial charge in [0.05, 0.1) is 17.5 Å². The number of allylic oxidation sites excluding steroid dienone is 1. The van der Waals surface area contributed by atoms with Crippen LogP contribution in [0.25, 0.3) is 5.76 Å². The largest absolute Gasteiger partial charge is 0.463 e. The Kier molecular flexibility index (Phi) is 2.65. The molecule has 4 heteroatoms. The van der Waals surface area contributed by atoms with E-state index in [1.54, 1.807) is 6.07 Å². The molecule has 3 rings (SSSR count). The van der Waals surface area contributed by atoms with E-state index in [2.05, 4.69) is 0 Å². The van der Waals surface area contributed by atoms with Gasteiger partial charge < -0.3 is 9.47 Å². The summed E-state index contributed by atoms with van der Waals surface area (Å²) in [4.78, 5) is 11.9. The summed E-state index contributed by atoms with van der Waals surface area (Å²) in [5.41, 5.74) is 0.733. The lowest BCUT2D eigenvalue weighted by molar-refractivity contribution is -0.133. The van der Waals surface area contributed by atoms with Gasteiger partial charge in [0.25, 0.3) is 0 Å². The van der Waals surface area contributed by atoms with Crippen molar-refractivity contribution in [3.63, 3.8) is 0 Å². The van der Waals surface area contributed by atoms with E-state index in [1.165, 1.54) is 6.08 Å². The molecule has 0 spiro atoms. The lowest BCUT2D eigenvalue weighted by Gasteiger charge is -2.25. The maximum Gasteiger partial charge on any atom is 0.210 e. The Morgan fingerprint density at radius 2 is 2.12 bits per heavy atom. The van der Waals surface area contributed by atoms with Gasteiger partial charge in [-0.25, -0.2) is 0 Å². The summed E-state index contributed by atoms with van der Waals surface area (Å²) in [6, 6.07) is 7.30. The molecule has 0 saturated carbocycles. The third-order valence-corrected chi connectivity index (χ3v) is 3.39. The SMILES string of the molecule is O=C1C=C(c2ccccc2Cl)O[C@@H]2OCC[C@@H]12. The fourth-order valence-electron chi connectivity index (χ4n) is 2.15. The van der Waals surface area contributed by atoms with E-state index in [1.807, 2.05) is 18.2 Å². The topological polar surface area (TPSA) is 35.5 Å². The van der Waals surface area contributed by atoms with E-state index in [9.17, 15) is 4.79 Å². The van der Waals surface area contributed by atoms with Gasteiger partial charge in [-0.05, 0) is 18.6 Å². The zero-order chi connectivity index (χ0) is 11.8. The van der Waals surface area contributed by atoms with Crippen molar-refractivity contribution in [1.29, 1.82) is 0 Å². The Morgan fingerprint density at radius 1 is 1.29 bits per heavy atom. The molecule has 0 amide bonds. The lowest BCUT2D eigenvalue weighted by atomic mass is 9.98. The average Bonchev–Trinajstić information content (AvgIpc) is 2.78. The summed E-state index contributed by atoms with van der Waals surface area (Å²) in [6.07, 6.45) is 1.81. The minimum Gasteiger partial charge on any atom is -0.463 e. The van der Waals surface area contributed by atoms with Crippen molar-refractivity contribution in [3.8, 4) is 0 Å². The molecule has 2 aliphatic rings. The molecule has 1 saturated heterocycles. The first-order chi connectivity index (χ1) is 8.25. The Bertz CT molecular complexity index is 495. The van der Waals surface area contributed by atoms with Gasteiger partial charge >= 0.3 is 0 Å². The summed E-state index contributed by atoms with van der Waals surface area (Å²) in [5.74, 6) is 0.415. The van der Waals surface area contributed by atoms with Crippen molar-refractivity contribution in [2.75, 3.05) is 6.61 Å². The van der Waals surface area contributed by atoms with Crippen molar-refractivity contribution < 1.29 is 14.3 Å². The van der Waals surface area contributed by atoms with Crippen molar-refractivity contribution >= 4 is 23.1 Å². The van der Waals surface area contributed by atoms with Gasteiger partial charge in [-0.15, -0.1) is 0 Å². The molecule has 2 atom stereocenters. The molecule has 1 aromatic carbocycles. The highest BCUT2D eigenvalue weighted by Crippen LogP contribution is 2.35. The third-order valence-electron chi connectivity index (χ3n) is 3.06. The van der Waals surface area contributed by atoms with Gasteiger partial charge in [0.2, 0.25) is 6.29 Å². The predicted octanol–water partition coefficient (Wildman–Crippen LogP) is 2.64. The number of hydrogen-bond donors (Lipinski definition) is 0. The summed E-state index contributed by atoms with van der Waals surface area (Å²) >= 11 is 6.08. The Balaban J connectivity index is 1.97. The van der Waals surface area contributed by atoms with Crippen LogP contribution in [-0.4, -0.2) is 18.7 Å². The van der Waals surface area contributed by atoms with Crippen LogP contribution in [-0.2, 0) is 14.3 Å². The molecule has 0 aliphatic carbocycles. The van der Waals surface area contributed by atoms with Gasteiger partial charge in [-0.1, -0.05) is 23.7 Å². The van der Waals surface area contributed by atoms with Crippen molar-refractivity contribution in [2.45, 2.75) is 12.7 Å². The Labute approximate surface area is 104 Å². The molecule has 1 fully saturated rings. The van der Waals surface area contributed by atoms with Gasteiger partial charge in [0, 0.05) is 11.6 Å². The number of fused-ring (bicyclic) bond motifs is 1. The molecular weight excluding hydrogens is 240 g/mol. The minimum absolute atomic E-state index is 0.0636. The molecule has 17 heavy (non-hydrogen) atoms. The summed E-state index contributed by atoms with van der Waals surface area (Å²) in [6.45, 7) is 0.574. The average molecular weight is 251 g/mol. The summed E-state index contributed by atoms with van der Waals surface area (Å²) < 4.78 is 11.1. The molecule has 3 nitrogen and oxygen atoms in total. The number of halogens is 1. The molecule has 1 aromatic rings. The van der Waals surface area contributed by atoms with E-state index in [-0.39, 0.29) is 11.7 Å². The van der Waals surface area contributed by atoms with Crippen LogP contribution in [0.15, 0.2) is 30.3 Å². The first-order valence-electron chi connectivity index (χ1n) is 5.54. The second-order valence-electron chi connectivity index (χ2n) is 4.14. The summed E-state index contributed by atoms with van der Waals surface area (Å²) in [7, 11) is 0. The maximum atomic E-state index is 11.9. The normalized spacial score (nSPS) is 27.4. The number of hydrogen-bond acceptors (Lipinski definition) is 3. The number of carbonyl (C=O) groups excluding carboxylic acids is 1. The summed E-state index contributed by atoms with van der Waals surface area (Å²) in [5, 5.41) is 0.572. The maximum absolute atomic E-state index is 11.9. The number of carbonyl (C=O) groups is 1. The van der Waals surface area contributed by atoms with Crippen LogP contribution in [0.2, 0.25) is 5.02 Å². The van der Waals surface area contributed by atoms with Gasteiger partial charge in [-0.3, -0.25) is 4.79 Å². The van der Waals surface area contributed by atoms with Crippen LogP contribution < -0.4 is 0 Å². The highest BCUT2D eigenvalue weighted by atomic mass is 35.5. The van der Waals surface area contributed by atoms with Crippen molar-refractivity contribution in [1.82, 2.24) is 0 Å². The standard InChI is InChI=1S/C13H11ClO3/c14-10-4-2-1-3-8(10)12-7-11(15)9-5-6-16-13(9)17-12/h1-4,7,9,13H,5-6H2/t9-,13-/m0/s1. The van der Waals surface area contributed by atoms with Crippen molar-refractivity contribution in [2.24, 2.45) is 5.92 Å². The highest BCUT2D eigenvalue weighted by Gasteiger charge is 2.39. The van der Waals surface area contributed by atoms with Crippen LogP contribution in [0.1, 0.15) is 12.0 Å². The quantitative estimate of drug-likeness (QED) is 0.769. The monoisotopic (exact) mass is 250 g/mol. The second-order valence-corrected chi connectivity index (χ2v) is 4.55. The fraction of sp³-hybridized carbons (Fsp3) is 0.308. The van der Waals surface area contributed by atoms with E-state index in [0.29, 0.717) is 17.4 Å². The predicted molar refractivity (Wildman–Crippen MR) is 63.4 cm³/mol. The molecule has 0 radical (unpaired) electrons. The number of rotatable bonds is 1. The van der Waals surface area contributed by atoms with E-state index < -0.39 is 6.29 Å². The van der Waals surface area contributed by atoms with Crippen LogP contribution in [0.3, 0.4) is 0 Å². The molecule has 0 aromatic heterocycles. The first-order valence-corrected chi connectivity index (χ1v) is 5.92. The number of ether oxygens (including phenoxy) is 2. The van der Waals surface area contributed by atoms with Gasteiger partial charge in [0.15, 0.2) is 5.78 Å². The van der Waals surface area contributed by atoms with E-state index >= 15 is 0 Å². The zero-order valence-corrected chi connectivity index (χ0v) is 9.81. The second kappa shape index (κ2) is 4.17. The molecule has 2 heterocycles. The molecule has 0 bridgehead atoms. The lowest BCUT2D eigenvalue weighted by Crippen LogP contribution is -2.29. The van der Waals surface area contributed by atoms with Gasteiger partial charge in [0.1, 0.15) is 5.76 Å².